The molecule has 1 aliphatic rings. The van der Waals surface area contributed by atoms with Gasteiger partial charge in [0.1, 0.15) is 11.6 Å². The highest BCUT2D eigenvalue weighted by atomic mass is 19.1. The summed E-state index contributed by atoms with van der Waals surface area (Å²) in [4.78, 5) is 14.5. The van der Waals surface area contributed by atoms with Crippen molar-refractivity contribution < 1.29 is 18.7 Å². The zero-order chi connectivity index (χ0) is 19.7. The molecule has 0 aliphatic carbocycles. The molecule has 3 aromatic carbocycles. The van der Waals surface area contributed by atoms with Crippen molar-refractivity contribution in [2.24, 2.45) is 0 Å². The minimum Gasteiger partial charge on any atom is -0.366 e. The molecule has 1 atom stereocenters. The Morgan fingerprint density at radius 2 is 1.61 bits per heavy atom. The van der Waals surface area contributed by atoms with Gasteiger partial charge in [-0.15, -0.1) is 0 Å². The van der Waals surface area contributed by atoms with Crippen LogP contribution in [-0.2, 0) is 16.9 Å². The molecule has 1 amide bonds. The van der Waals surface area contributed by atoms with Crippen molar-refractivity contribution in [3.63, 3.8) is 0 Å². The van der Waals surface area contributed by atoms with Gasteiger partial charge in [0.05, 0.1) is 12.2 Å². The van der Waals surface area contributed by atoms with Crippen LogP contribution in [-0.4, -0.2) is 11.0 Å². The van der Waals surface area contributed by atoms with Crippen molar-refractivity contribution in [2.45, 2.75) is 12.1 Å². The van der Waals surface area contributed by atoms with Gasteiger partial charge in [0.2, 0.25) is 5.60 Å². The second-order valence-electron chi connectivity index (χ2n) is 6.51. The average molecular weight is 375 g/mol. The third kappa shape index (κ3) is 3.15. The number of amides is 1. The Labute approximate surface area is 160 Å². The lowest BCUT2D eigenvalue weighted by Crippen LogP contribution is -2.39. The molecule has 0 fully saturated rings. The number of fused-ring (bicyclic) bond motifs is 1. The molecular weight excluding hydrogens is 360 g/mol. The largest absolute Gasteiger partial charge is 0.366 e. The van der Waals surface area contributed by atoms with E-state index in [1.165, 1.54) is 41.3 Å². The van der Waals surface area contributed by atoms with Crippen LogP contribution in [0.5, 0.6) is 0 Å². The molecule has 3 aromatic rings. The molecular formula is C23H15F2NO2. The molecule has 28 heavy (non-hydrogen) atoms. The van der Waals surface area contributed by atoms with E-state index in [1.807, 2.05) is 30.3 Å². The molecule has 0 spiro atoms. The fraction of sp³-hybridized carbons (Fsp3) is 0.0870. The Morgan fingerprint density at radius 3 is 2.32 bits per heavy atom. The summed E-state index contributed by atoms with van der Waals surface area (Å²) in [6.07, 6.45) is 0. The fourth-order valence-electron chi connectivity index (χ4n) is 3.19. The molecule has 0 bridgehead atoms. The molecule has 3 nitrogen and oxygen atoms in total. The van der Waals surface area contributed by atoms with Crippen molar-refractivity contribution in [3.05, 3.63) is 101 Å². The van der Waals surface area contributed by atoms with E-state index in [0.29, 0.717) is 11.3 Å². The molecule has 1 unspecified atom stereocenters. The van der Waals surface area contributed by atoms with Crippen molar-refractivity contribution in [2.75, 3.05) is 4.90 Å². The molecule has 5 heteroatoms. The zero-order valence-corrected chi connectivity index (χ0v) is 14.7. The van der Waals surface area contributed by atoms with E-state index in [9.17, 15) is 18.7 Å². The summed E-state index contributed by atoms with van der Waals surface area (Å²) in [6, 6.07) is 18.5. The van der Waals surface area contributed by atoms with E-state index in [-0.39, 0.29) is 12.1 Å². The molecule has 0 saturated carbocycles. The maximum atomic E-state index is 13.9. The van der Waals surface area contributed by atoms with Crippen molar-refractivity contribution >= 4 is 11.6 Å². The minimum absolute atomic E-state index is 0.100. The number of aliphatic hydroxyl groups is 1. The highest BCUT2D eigenvalue weighted by molar-refractivity contribution is 6.09. The first kappa shape index (κ1) is 17.9. The van der Waals surface area contributed by atoms with Crippen LogP contribution in [0.25, 0.3) is 0 Å². The number of benzene rings is 3. The SMILES string of the molecule is O=C1N(Cc2ccccc2)c2ccc(F)cc2C1(O)C#Cc1ccc(F)cc1. The minimum atomic E-state index is -2.18. The lowest BCUT2D eigenvalue weighted by atomic mass is 9.95. The van der Waals surface area contributed by atoms with Gasteiger partial charge >= 0.3 is 0 Å². The molecule has 138 valence electrons. The number of rotatable bonds is 2. The fourth-order valence-corrected chi connectivity index (χ4v) is 3.19. The van der Waals surface area contributed by atoms with Crippen LogP contribution < -0.4 is 4.90 Å². The average Bonchev–Trinajstić information content (AvgIpc) is 2.90. The number of carbonyl (C=O) groups is 1. The van der Waals surface area contributed by atoms with Crippen LogP contribution in [0.1, 0.15) is 16.7 Å². The van der Waals surface area contributed by atoms with Crippen LogP contribution in [0.4, 0.5) is 14.5 Å². The first-order chi connectivity index (χ1) is 13.5. The van der Waals surface area contributed by atoms with Crippen molar-refractivity contribution in [1.29, 1.82) is 0 Å². The van der Waals surface area contributed by atoms with Gasteiger partial charge in [-0.2, -0.15) is 0 Å². The number of hydrogen-bond acceptors (Lipinski definition) is 2. The Kier molecular flexibility index (Phi) is 4.42. The van der Waals surface area contributed by atoms with Gasteiger partial charge in [0.25, 0.3) is 5.91 Å². The Balaban J connectivity index is 1.77. The molecule has 0 aromatic heterocycles. The predicted molar refractivity (Wildman–Crippen MR) is 101 cm³/mol. The van der Waals surface area contributed by atoms with Gasteiger partial charge < -0.3 is 10.0 Å². The van der Waals surface area contributed by atoms with Gasteiger partial charge in [0.15, 0.2) is 0 Å². The molecule has 1 aliphatic heterocycles. The summed E-state index contributed by atoms with van der Waals surface area (Å²) in [6.45, 7) is 0.221. The topological polar surface area (TPSA) is 40.5 Å². The summed E-state index contributed by atoms with van der Waals surface area (Å²) in [5, 5.41) is 11.1. The highest BCUT2D eigenvalue weighted by Crippen LogP contribution is 2.41. The normalized spacial score (nSPS) is 17.8. The number of hydrogen-bond donors (Lipinski definition) is 1. The maximum Gasteiger partial charge on any atom is 0.276 e. The van der Waals surface area contributed by atoms with Crippen LogP contribution >= 0.6 is 0 Å². The van der Waals surface area contributed by atoms with Gasteiger partial charge in [-0.1, -0.05) is 36.3 Å². The van der Waals surface area contributed by atoms with E-state index >= 15 is 0 Å². The molecule has 4 rings (SSSR count). The van der Waals surface area contributed by atoms with E-state index in [1.54, 1.807) is 0 Å². The van der Waals surface area contributed by atoms with E-state index < -0.39 is 23.1 Å². The number of halogens is 2. The van der Waals surface area contributed by atoms with E-state index in [0.717, 1.165) is 11.6 Å². The van der Waals surface area contributed by atoms with E-state index in [2.05, 4.69) is 11.8 Å². The van der Waals surface area contributed by atoms with Crippen LogP contribution in [0.15, 0.2) is 72.8 Å². The van der Waals surface area contributed by atoms with Crippen molar-refractivity contribution in [3.8, 4) is 11.8 Å². The summed E-state index contributed by atoms with van der Waals surface area (Å²) in [5.41, 5.74) is -0.376. The summed E-state index contributed by atoms with van der Waals surface area (Å²) in [5.74, 6) is 3.63. The third-order valence-corrected chi connectivity index (χ3v) is 4.61. The lowest BCUT2D eigenvalue weighted by molar-refractivity contribution is -0.130. The van der Waals surface area contributed by atoms with Crippen LogP contribution in [0, 0.1) is 23.5 Å². The third-order valence-electron chi connectivity index (χ3n) is 4.61. The standard InChI is InChI=1S/C23H15F2NO2/c24-18-8-6-16(7-9-18)12-13-23(28)20-14-19(25)10-11-21(20)26(22(23)27)15-17-4-2-1-3-5-17/h1-11,14,28H,15H2. The van der Waals surface area contributed by atoms with Gasteiger partial charge in [-0.25, -0.2) is 8.78 Å². The molecule has 1 heterocycles. The van der Waals surface area contributed by atoms with Gasteiger partial charge in [-0.05, 0) is 53.9 Å². The monoisotopic (exact) mass is 375 g/mol. The van der Waals surface area contributed by atoms with Crippen molar-refractivity contribution in [1.82, 2.24) is 0 Å². The maximum absolute atomic E-state index is 13.9. The second-order valence-corrected chi connectivity index (χ2v) is 6.51. The zero-order valence-electron chi connectivity index (χ0n) is 14.7. The van der Waals surface area contributed by atoms with E-state index in [4.69, 9.17) is 0 Å². The Bertz CT molecular complexity index is 1100. The molecule has 0 radical (unpaired) electrons. The molecule has 0 saturated heterocycles. The van der Waals surface area contributed by atoms with Gasteiger partial charge in [-0.3, -0.25) is 4.79 Å². The van der Waals surface area contributed by atoms with Crippen LogP contribution in [0.2, 0.25) is 0 Å². The smallest absolute Gasteiger partial charge is 0.276 e. The summed E-state index contributed by atoms with van der Waals surface area (Å²) < 4.78 is 26.9. The first-order valence-electron chi connectivity index (χ1n) is 8.64. The second kappa shape index (κ2) is 6.91. The number of anilines is 1. The quantitative estimate of drug-likeness (QED) is 0.693. The highest BCUT2D eigenvalue weighted by Gasteiger charge is 2.49. The summed E-state index contributed by atoms with van der Waals surface area (Å²) >= 11 is 0. The lowest BCUT2D eigenvalue weighted by Gasteiger charge is -2.19. The predicted octanol–water partition coefficient (Wildman–Crippen LogP) is 3.75. The van der Waals surface area contributed by atoms with Gasteiger partial charge in [0, 0.05) is 11.1 Å². The number of carbonyl (C=O) groups excluding carboxylic acids is 1. The van der Waals surface area contributed by atoms with Crippen LogP contribution in [0.3, 0.4) is 0 Å². The number of nitrogens with zero attached hydrogens (tertiary/aromatic N) is 1. The Morgan fingerprint density at radius 1 is 0.929 bits per heavy atom. The Hall–Kier alpha value is -3.49. The summed E-state index contributed by atoms with van der Waals surface area (Å²) in [7, 11) is 0. The first-order valence-corrected chi connectivity index (χ1v) is 8.64. The molecule has 1 N–H and O–H groups in total.